The highest BCUT2D eigenvalue weighted by Crippen LogP contribution is 2.39. The molecule has 1 fully saturated rings. The molecule has 0 bridgehead atoms. The number of nitrogens with one attached hydrogen (secondary N) is 1. The molecule has 2 aliphatic rings. The number of hydrogen-bond acceptors (Lipinski definition) is 2. The van der Waals surface area contributed by atoms with Crippen LogP contribution in [-0.2, 0) is 23.9 Å². The van der Waals surface area contributed by atoms with Crippen LogP contribution in [0.15, 0.2) is 48.7 Å². The van der Waals surface area contributed by atoms with Crippen LogP contribution in [0.1, 0.15) is 51.6 Å². The molecule has 2 unspecified atom stereocenters. The van der Waals surface area contributed by atoms with Crippen molar-refractivity contribution in [3.63, 3.8) is 0 Å². The molecule has 2 aliphatic heterocycles. The molecule has 1 saturated heterocycles. The standard InChI is InChI=1S/C23H19ClF4N2O2/c1-12-20(6-7-21(31)29-12)30-11-14-8-13(2-4-16(14)22(30)32)9-19(25)17-5-3-15(24)10-18(17)23(26,27)28/h2-5,8,10,19-20H,1,6-7,9,11H2,(H,29,31). The van der Waals surface area contributed by atoms with Gasteiger partial charge in [0.05, 0.1) is 11.6 Å². The van der Waals surface area contributed by atoms with E-state index in [1.54, 1.807) is 23.1 Å². The highest BCUT2D eigenvalue weighted by molar-refractivity contribution is 6.30. The Bertz CT molecular complexity index is 1120. The number of alkyl halides is 4. The van der Waals surface area contributed by atoms with Gasteiger partial charge in [0.2, 0.25) is 5.91 Å². The second-order valence-electron chi connectivity index (χ2n) is 7.95. The second kappa shape index (κ2) is 8.24. The fraction of sp³-hybridized carbons (Fsp3) is 0.304. The fourth-order valence-corrected chi connectivity index (χ4v) is 4.42. The van der Waals surface area contributed by atoms with Crippen LogP contribution in [0, 0.1) is 0 Å². The van der Waals surface area contributed by atoms with E-state index in [0.29, 0.717) is 28.8 Å². The van der Waals surface area contributed by atoms with Crippen molar-refractivity contribution >= 4 is 23.4 Å². The molecule has 9 heteroatoms. The lowest BCUT2D eigenvalue weighted by atomic mass is 9.96. The van der Waals surface area contributed by atoms with E-state index in [9.17, 15) is 27.2 Å². The van der Waals surface area contributed by atoms with Gasteiger partial charge in [0.15, 0.2) is 0 Å². The maximum absolute atomic E-state index is 15.0. The van der Waals surface area contributed by atoms with Crippen molar-refractivity contribution in [3.8, 4) is 0 Å². The summed E-state index contributed by atoms with van der Waals surface area (Å²) >= 11 is 5.67. The van der Waals surface area contributed by atoms with Gasteiger partial charge < -0.3 is 10.2 Å². The van der Waals surface area contributed by atoms with Gasteiger partial charge in [0.1, 0.15) is 6.17 Å². The molecule has 1 N–H and O–H groups in total. The molecule has 32 heavy (non-hydrogen) atoms. The normalized spacial score (nSPS) is 19.7. The summed E-state index contributed by atoms with van der Waals surface area (Å²) in [7, 11) is 0. The molecule has 168 valence electrons. The summed E-state index contributed by atoms with van der Waals surface area (Å²) in [6.07, 6.45) is -6.17. The van der Waals surface area contributed by atoms with Crippen molar-refractivity contribution < 1.29 is 27.2 Å². The van der Waals surface area contributed by atoms with Gasteiger partial charge in [-0.3, -0.25) is 9.59 Å². The van der Waals surface area contributed by atoms with Crippen LogP contribution in [-0.4, -0.2) is 22.8 Å². The van der Waals surface area contributed by atoms with Gasteiger partial charge >= 0.3 is 6.18 Å². The van der Waals surface area contributed by atoms with E-state index < -0.39 is 23.5 Å². The van der Waals surface area contributed by atoms with Crippen molar-refractivity contribution in [2.45, 2.75) is 44.2 Å². The Balaban J connectivity index is 1.54. The zero-order valence-corrected chi connectivity index (χ0v) is 17.6. The van der Waals surface area contributed by atoms with E-state index in [2.05, 4.69) is 11.9 Å². The largest absolute Gasteiger partial charge is 0.416 e. The lowest BCUT2D eigenvalue weighted by Gasteiger charge is -2.32. The van der Waals surface area contributed by atoms with Gasteiger partial charge in [0, 0.05) is 35.7 Å². The first-order valence-electron chi connectivity index (χ1n) is 9.96. The monoisotopic (exact) mass is 466 g/mol. The minimum absolute atomic E-state index is 0.120. The van der Waals surface area contributed by atoms with Gasteiger partial charge in [0.25, 0.3) is 5.91 Å². The van der Waals surface area contributed by atoms with Crippen molar-refractivity contribution in [1.82, 2.24) is 10.2 Å². The molecule has 0 saturated carbocycles. The molecule has 2 amide bonds. The SMILES string of the molecule is C=C1NC(=O)CCC1N1Cc2cc(CC(F)c3ccc(Cl)cc3C(F)(F)F)ccc2C1=O. The third kappa shape index (κ3) is 4.24. The van der Waals surface area contributed by atoms with Crippen molar-refractivity contribution in [1.29, 1.82) is 0 Å². The summed E-state index contributed by atoms with van der Waals surface area (Å²) in [5.41, 5.74) is 0.471. The summed E-state index contributed by atoms with van der Waals surface area (Å²) in [5.74, 6) is -0.366. The zero-order valence-electron chi connectivity index (χ0n) is 16.8. The number of nitrogens with zero attached hydrogens (tertiary/aromatic N) is 1. The topological polar surface area (TPSA) is 49.4 Å². The number of carbonyl (C=O) groups excluding carboxylic acids is 2. The highest BCUT2D eigenvalue weighted by Gasteiger charge is 2.37. The first kappa shape index (κ1) is 22.3. The Hall–Kier alpha value is -2.87. The lowest BCUT2D eigenvalue weighted by molar-refractivity contribution is -0.138. The molecule has 0 spiro atoms. The summed E-state index contributed by atoms with van der Waals surface area (Å²) in [5, 5.41) is 2.53. The number of fused-ring (bicyclic) bond motifs is 1. The zero-order chi connectivity index (χ0) is 23.2. The summed E-state index contributed by atoms with van der Waals surface area (Å²) in [4.78, 5) is 25.9. The smallest absolute Gasteiger partial charge is 0.328 e. The van der Waals surface area contributed by atoms with E-state index in [1.807, 2.05) is 0 Å². The Morgan fingerprint density at radius 3 is 2.62 bits per heavy atom. The van der Waals surface area contributed by atoms with Crippen LogP contribution in [0.3, 0.4) is 0 Å². The van der Waals surface area contributed by atoms with Gasteiger partial charge in [-0.1, -0.05) is 36.4 Å². The Morgan fingerprint density at radius 1 is 1.19 bits per heavy atom. The number of amides is 2. The van der Waals surface area contributed by atoms with Crippen LogP contribution in [0.2, 0.25) is 5.02 Å². The fourth-order valence-electron chi connectivity index (χ4n) is 4.25. The van der Waals surface area contributed by atoms with Crippen LogP contribution in [0.4, 0.5) is 17.6 Å². The van der Waals surface area contributed by atoms with Crippen molar-refractivity contribution in [3.05, 3.63) is 81.5 Å². The third-order valence-corrected chi connectivity index (χ3v) is 6.03. The predicted octanol–water partition coefficient (Wildman–Crippen LogP) is 5.36. The molecule has 2 aromatic rings. The van der Waals surface area contributed by atoms with Crippen LogP contribution in [0.25, 0.3) is 0 Å². The minimum Gasteiger partial charge on any atom is -0.328 e. The molecular formula is C23H19ClF4N2O2. The van der Waals surface area contributed by atoms with Crippen molar-refractivity contribution in [2.75, 3.05) is 0 Å². The van der Waals surface area contributed by atoms with E-state index in [1.165, 1.54) is 6.07 Å². The number of rotatable bonds is 4. The van der Waals surface area contributed by atoms with Gasteiger partial charge in [-0.25, -0.2) is 4.39 Å². The Kier molecular flexibility index (Phi) is 5.75. The number of hydrogen-bond donors (Lipinski definition) is 1. The van der Waals surface area contributed by atoms with Gasteiger partial charge in [-0.05, 0) is 41.3 Å². The third-order valence-electron chi connectivity index (χ3n) is 5.80. The predicted molar refractivity (Wildman–Crippen MR) is 111 cm³/mol. The molecule has 2 heterocycles. The number of benzene rings is 2. The maximum atomic E-state index is 15.0. The molecule has 2 aromatic carbocycles. The summed E-state index contributed by atoms with van der Waals surface area (Å²) in [6.45, 7) is 4.09. The molecule has 0 aliphatic carbocycles. The molecule has 2 atom stereocenters. The van der Waals surface area contributed by atoms with E-state index in [-0.39, 0.29) is 42.3 Å². The molecular weight excluding hydrogens is 448 g/mol. The van der Waals surface area contributed by atoms with Crippen LogP contribution < -0.4 is 5.32 Å². The Morgan fingerprint density at radius 2 is 1.94 bits per heavy atom. The second-order valence-corrected chi connectivity index (χ2v) is 8.39. The molecule has 0 radical (unpaired) electrons. The molecule has 4 rings (SSSR count). The van der Waals surface area contributed by atoms with Crippen LogP contribution in [0.5, 0.6) is 0 Å². The van der Waals surface area contributed by atoms with Crippen LogP contribution >= 0.6 is 11.6 Å². The van der Waals surface area contributed by atoms with Gasteiger partial charge in [-0.15, -0.1) is 0 Å². The maximum Gasteiger partial charge on any atom is 0.416 e. The summed E-state index contributed by atoms with van der Waals surface area (Å²) < 4.78 is 54.9. The lowest BCUT2D eigenvalue weighted by Crippen LogP contribution is -2.45. The number of halogens is 5. The van der Waals surface area contributed by atoms with E-state index in [4.69, 9.17) is 11.6 Å². The first-order chi connectivity index (χ1) is 15.0. The summed E-state index contributed by atoms with van der Waals surface area (Å²) in [6, 6.07) is 7.43. The average molecular weight is 467 g/mol. The highest BCUT2D eigenvalue weighted by atomic mass is 35.5. The average Bonchev–Trinajstić information content (AvgIpc) is 3.03. The number of carbonyl (C=O) groups is 2. The molecule has 4 nitrogen and oxygen atoms in total. The van der Waals surface area contributed by atoms with Gasteiger partial charge in [-0.2, -0.15) is 13.2 Å². The number of piperidine rings is 1. The Labute approximate surface area is 186 Å². The minimum atomic E-state index is -4.73. The van der Waals surface area contributed by atoms with E-state index in [0.717, 1.165) is 12.1 Å². The first-order valence-corrected chi connectivity index (χ1v) is 10.3. The molecule has 0 aromatic heterocycles. The quantitative estimate of drug-likeness (QED) is 0.617. The van der Waals surface area contributed by atoms with Crippen molar-refractivity contribution in [2.24, 2.45) is 0 Å². The van der Waals surface area contributed by atoms with E-state index >= 15 is 0 Å².